The van der Waals surface area contributed by atoms with Crippen molar-refractivity contribution in [2.45, 2.75) is 74.6 Å². The average Bonchev–Trinajstić information content (AvgIpc) is 3.13. The third-order valence-corrected chi connectivity index (χ3v) is 8.92. The molecule has 0 radical (unpaired) electrons. The van der Waals surface area contributed by atoms with Crippen molar-refractivity contribution in [3.8, 4) is 0 Å². The van der Waals surface area contributed by atoms with E-state index in [1.54, 1.807) is 21.6 Å². The second-order valence-corrected chi connectivity index (χ2v) is 11.6. The van der Waals surface area contributed by atoms with E-state index in [0.29, 0.717) is 19.6 Å². The second-order valence-electron chi connectivity index (χ2n) is 10.1. The van der Waals surface area contributed by atoms with Gasteiger partial charge in [0.1, 0.15) is 6.04 Å². The normalized spacial score (nSPS) is 37.0. The molecule has 176 valence electrons. The average molecular weight is 463 g/mol. The summed E-state index contributed by atoms with van der Waals surface area (Å²) in [5.74, 6) is -2.06. The summed E-state index contributed by atoms with van der Waals surface area (Å²) in [6, 6.07) is -1.24. The summed E-state index contributed by atoms with van der Waals surface area (Å²) in [5, 5.41) is 9.87. The zero-order valence-electron chi connectivity index (χ0n) is 19.3. The predicted molar refractivity (Wildman–Crippen MR) is 123 cm³/mol. The molecule has 32 heavy (non-hydrogen) atoms. The Morgan fingerprint density at radius 2 is 2.00 bits per heavy atom. The highest BCUT2D eigenvalue weighted by Crippen LogP contribution is 2.61. The zero-order valence-corrected chi connectivity index (χ0v) is 20.1. The van der Waals surface area contributed by atoms with Crippen LogP contribution in [0.4, 0.5) is 0 Å². The van der Waals surface area contributed by atoms with Crippen LogP contribution in [0, 0.1) is 11.8 Å². The van der Waals surface area contributed by atoms with Crippen molar-refractivity contribution in [2.24, 2.45) is 11.8 Å². The number of esters is 1. The van der Waals surface area contributed by atoms with Gasteiger partial charge in [-0.3, -0.25) is 14.4 Å². The van der Waals surface area contributed by atoms with Crippen molar-refractivity contribution in [2.75, 3.05) is 19.8 Å². The van der Waals surface area contributed by atoms with Crippen LogP contribution in [0.2, 0.25) is 0 Å². The number of carbonyl (C=O) groups is 3. The lowest BCUT2D eigenvalue weighted by Gasteiger charge is -2.42. The topological polar surface area (TPSA) is 87.2 Å². The number of cyclic esters (lactones) is 1. The number of carbonyl (C=O) groups excluding carboxylic acids is 3. The zero-order chi connectivity index (χ0) is 23.3. The first-order valence-corrected chi connectivity index (χ1v) is 12.5. The minimum atomic E-state index is -0.866. The van der Waals surface area contributed by atoms with Crippen LogP contribution in [-0.2, 0) is 19.1 Å². The largest absolute Gasteiger partial charge is 0.465 e. The summed E-state index contributed by atoms with van der Waals surface area (Å²) in [6.45, 7) is 8.41. The van der Waals surface area contributed by atoms with Gasteiger partial charge in [-0.1, -0.05) is 31.2 Å². The first-order chi connectivity index (χ1) is 15.2. The number of rotatable bonds is 3. The number of allylic oxidation sites excluding steroid dienone is 1. The van der Waals surface area contributed by atoms with Crippen molar-refractivity contribution in [3.63, 3.8) is 0 Å². The molecule has 2 amide bonds. The molecule has 1 unspecified atom stereocenters. The molecular formula is C24H34N2O5S. The molecule has 0 aromatic heterocycles. The number of ether oxygens (including phenoxy) is 1. The van der Waals surface area contributed by atoms with E-state index in [9.17, 15) is 19.5 Å². The van der Waals surface area contributed by atoms with E-state index in [2.05, 4.69) is 6.08 Å². The number of fused-ring (bicyclic) bond motifs is 2. The van der Waals surface area contributed by atoms with Crippen LogP contribution in [-0.4, -0.2) is 80.1 Å². The maximum absolute atomic E-state index is 14.0. The third-order valence-electron chi connectivity index (χ3n) is 7.17. The van der Waals surface area contributed by atoms with Crippen molar-refractivity contribution < 1.29 is 24.2 Å². The number of amides is 2. The molecular weight excluding hydrogens is 428 g/mol. The molecule has 1 spiro atoms. The molecule has 4 heterocycles. The smallest absolute Gasteiger partial charge is 0.311 e. The van der Waals surface area contributed by atoms with Crippen molar-refractivity contribution in [3.05, 3.63) is 24.3 Å². The van der Waals surface area contributed by atoms with Gasteiger partial charge in [-0.2, -0.15) is 0 Å². The fourth-order valence-electron chi connectivity index (χ4n) is 5.60. The Labute approximate surface area is 194 Å². The van der Waals surface area contributed by atoms with Gasteiger partial charge in [0.05, 0.1) is 35.8 Å². The van der Waals surface area contributed by atoms with E-state index < -0.39 is 34.2 Å². The SMILES string of the molecule is CC[C@@H](CO)N1C(=O)[C@@H]2[C@H]3C(=O)OCCC/C=C\[C@H]3S[C@@]23C=CCN(C(C)(C)C)C(=O)C13. The summed E-state index contributed by atoms with van der Waals surface area (Å²) >= 11 is 1.54. The van der Waals surface area contributed by atoms with Gasteiger partial charge in [0.25, 0.3) is 0 Å². The maximum atomic E-state index is 14.0. The van der Waals surface area contributed by atoms with E-state index in [0.717, 1.165) is 12.8 Å². The minimum Gasteiger partial charge on any atom is -0.465 e. The van der Waals surface area contributed by atoms with Crippen LogP contribution >= 0.6 is 11.8 Å². The van der Waals surface area contributed by atoms with Gasteiger partial charge in [-0.15, -0.1) is 11.8 Å². The van der Waals surface area contributed by atoms with Crippen LogP contribution < -0.4 is 0 Å². The van der Waals surface area contributed by atoms with Crippen molar-refractivity contribution >= 4 is 29.5 Å². The summed E-state index contributed by atoms with van der Waals surface area (Å²) in [6.07, 6.45) is 10.2. The molecule has 4 aliphatic heterocycles. The Morgan fingerprint density at radius 1 is 1.25 bits per heavy atom. The molecule has 2 fully saturated rings. The maximum Gasteiger partial charge on any atom is 0.311 e. The van der Waals surface area contributed by atoms with Gasteiger partial charge in [-0.05, 0) is 40.0 Å². The van der Waals surface area contributed by atoms with E-state index in [4.69, 9.17) is 4.74 Å². The van der Waals surface area contributed by atoms with Gasteiger partial charge in [-0.25, -0.2) is 0 Å². The Bertz CT molecular complexity index is 846. The molecule has 1 N–H and O–H groups in total. The van der Waals surface area contributed by atoms with Crippen molar-refractivity contribution in [1.82, 2.24) is 9.80 Å². The van der Waals surface area contributed by atoms with Crippen LogP contribution in [0.15, 0.2) is 24.3 Å². The number of nitrogens with zero attached hydrogens (tertiary/aromatic N) is 2. The van der Waals surface area contributed by atoms with E-state index in [1.807, 2.05) is 45.9 Å². The fraction of sp³-hybridized carbons (Fsp3) is 0.708. The lowest BCUT2D eigenvalue weighted by molar-refractivity contribution is -0.153. The molecule has 4 rings (SSSR count). The number of aliphatic hydroxyl groups is 1. The quantitative estimate of drug-likeness (QED) is 0.511. The Hall–Kier alpha value is -1.80. The number of likely N-dealkylation sites (tertiary alicyclic amines) is 1. The standard InChI is InChI=1S/C24H34N2O5S/c1-5-15(14-27)26-19-21(29)25(23(2,3)4)12-9-11-24(19)18(20(26)28)17-16(32-24)10-7-6-8-13-31-22(17)30/h7,9-11,15-19,27H,5-6,8,12-14H2,1-4H3/b10-7-/t15-,16+,17-,18-,19?,24-/m0/s1. The molecule has 4 aliphatic rings. The monoisotopic (exact) mass is 462 g/mol. The van der Waals surface area contributed by atoms with Gasteiger partial charge in [0, 0.05) is 17.3 Å². The van der Waals surface area contributed by atoms with Crippen LogP contribution in [0.3, 0.4) is 0 Å². The molecule has 0 saturated carbocycles. The molecule has 0 aromatic carbocycles. The van der Waals surface area contributed by atoms with Crippen LogP contribution in [0.25, 0.3) is 0 Å². The Kier molecular flexibility index (Phi) is 6.22. The molecule has 7 nitrogen and oxygen atoms in total. The van der Waals surface area contributed by atoms with Crippen LogP contribution in [0.5, 0.6) is 0 Å². The first kappa shape index (κ1) is 23.4. The minimum absolute atomic E-state index is 0.124. The number of hydrogen-bond acceptors (Lipinski definition) is 6. The summed E-state index contributed by atoms with van der Waals surface area (Å²) < 4.78 is 4.69. The third kappa shape index (κ3) is 3.50. The van der Waals surface area contributed by atoms with E-state index in [-0.39, 0.29) is 29.6 Å². The first-order valence-electron chi connectivity index (χ1n) is 11.6. The number of thioether (sulfide) groups is 1. The number of aliphatic hydroxyl groups excluding tert-OH is 1. The van der Waals surface area contributed by atoms with Gasteiger partial charge < -0.3 is 19.6 Å². The Balaban J connectivity index is 1.88. The molecule has 0 aromatic rings. The van der Waals surface area contributed by atoms with Crippen LogP contribution in [0.1, 0.15) is 47.0 Å². The molecule has 2 saturated heterocycles. The Morgan fingerprint density at radius 3 is 2.66 bits per heavy atom. The highest BCUT2D eigenvalue weighted by Gasteiger charge is 2.71. The van der Waals surface area contributed by atoms with Gasteiger partial charge in [0.15, 0.2) is 0 Å². The second kappa shape index (κ2) is 8.52. The summed E-state index contributed by atoms with van der Waals surface area (Å²) in [4.78, 5) is 44.6. The highest BCUT2D eigenvalue weighted by molar-refractivity contribution is 8.02. The van der Waals surface area contributed by atoms with E-state index >= 15 is 0 Å². The van der Waals surface area contributed by atoms with Gasteiger partial charge >= 0.3 is 5.97 Å². The summed E-state index contributed by atoms with van der Waals surface area (Å²) in [7, 11) is 0. The fourth-order valence-corrected chi connectivity index (χ4v) is 7.59. The number of hydrogen-bond donors (Lipinski definition) is 1. The molecule has 0 bridgehead atoms. The lowest BCUT2D eigenvalue weighted by Crippen LogP contribution is -2.59. The summed E-state index contributed by atoms with van der Waals surface area (Å²) in [5.41, 5.74) is -0.428. The molecule has 0 aliphatic carbocycles. The van der Waals surface area contributed by atoms with Gasteiger partial charge in [0.2, 0.25) is 11.8 Å². The molecule has 8 heteroatoms. The van der Waals surface area contributed by atoms with Crippen molar-refractivity contribution in [1.29, 1.82) is 0 Å². The lowest BCUT2D eigenvalue weighted by atomic mass is 9.78. The predicted octanol–water partition coefficient (Wildman–Crippen LogP) is 2.14. The molecule has 6 atom stereocenters. The highest BCUT2D eigenvalue weighted by atomic mass is 32.2. The van der Waals surface area contributed by atoms with E-state index in [1.165, 1.54) is 0 Å².